The number of carbonyl (C=O) groups is 2. The average molecular weight is 472 g/mol. The molecule has 7 nitrogen and oxygen atoms in total. The molecule has 0 bridgehead atoms. The second-order valence-electron chi connectivity index (χ2n) is 7.95. The molecule has 182 valence electrons. The summed E-state index contributed by atoms with van der Waals surface area (Å²) in [5.41, 5.74) is 2.06. The molecule has 34 heavy (non-hydrogen) atoms. The predicted octanol–water partition coefficient (Wildman–Crippen LogP) is 3.68. The van der Waals surface area contributed by atoms with E-state index in [1.165, 1.54) is 19.2 Å². The third-order valence-corrected chi connectivity index (χ3v) is 5.72. The predicted molar refractivity (Wildman–Crippen MR) is 123 cm³/mol. The van der Waals surface area contributed by atoms with Crippen LogP contribution in [0.2, 0.25) is 0 Å². The number of aliphatic hydroxyl groups excluding tert-OH is 1. The molecule has 8 heteroatoms. The number of nitrogens with one attached hydrogen (secondary N) is 1. The van der Waals surface area contributed by atoms with E-state index in [9.17, 15) is 19.1 Å². The zero-order valence-corrected chi connectivity index (χ0v) is 19.3. The molecule has 0 saturated carbocycles. The van der Waals surface area contributed by atoms with E-state index in [0.717, 1.165) is 11.1 Å². The zero-order valence-electron chi connectivity index (χ0n) is 19.3. The number of aliphatic hydroxyl groups is 1. The molecule has 0 unspecified atom stereocenters. The Morgan fingerprint density at radius 1 is 1.12 bits per heavy atom. The van der Waals surface area contributed by atoms with Crippen molar-refractivity contribution < 1.29 is 33.3 Å². The molecule has 2 aromatic carbocycles. The summed E-state index contributed by atoms with van der Waals surface area (Å²) in [6.45, 7) is 2.47. The van der Waals surface area contributed by atoms with Crippen molar-refractivity contribution in [3.8, 4) is 0 Å². The number of amides is 1. The van der Waals surface area contributed by atoms with E-state index >= 15 is 0 Å². The second-order valence-corrected chi connectivity index (χ2v) is 7.95. The Bertz CT molecular complexity index is 989. The summed E-state index contributed by atoms with van der Waals surface area (Å²) >= 11 is 0. The van der Waals surface area contributed by atoms with Crippen LogP contribution in [0.4, 0.5) is 4.39 Å². The Morgan fingerprint density at radius 2 is 1.82 bits per heavy atom. The van der Waals surface area contributed by atoms with Gasteiger partial charge in [-0.15, -0.1) is 0 Å². The van der Waals surface area contributed by atoms with Crippen LogP contribution in [0, 0.1) is 11.7 Å². The summed E-state index contributed by atoms with van der Waals surface area (Å²) in [6.07, 6.45) is 2.24. The van der Waals surface area contributed by atoms with Gasteiger partial charge in [0, 0.05) is 31.6 Å². The number of methoxy groups -OCH3 is 1. The molecule has 1 aliphatic heterocycles. The summed E-state index contributed by atoms with van der Waals surface area (Å²) in [5, 5.41) is 12.2. The third-order valence-electron chi connectivity index (χ3n) is 5.72. The van der Waals surface area contributed by atoms with Crippen LogP contribution in [0.1, 0.15) is 47.2 Å². The van der Waals surface area contributed by atoms with Crippen molar-refractivity contribution in [3.63, 3.8) is 0 Å². The first-order valence-electron chi connectivity index (χ1n) is 11.3. The first-order valence-corrected chi connectivity index (χ1v) is 11.3. The lowest BCUT2D eigenvalue weighted by Gasteiger charge is -2.37. The Labute approximate surface area is 198 Å². The van der Waals surface area contributed by atoms with Crippen LogP contribution in [-0.4, -0.2) is 43.6 Å². The molecule has 3 rings (SSSR count). The number of carbonyl (C=O) groups excluding carboxylic acids is 2. The van der Waals surface area contributed by atoms with Gasteiger partial charge in [0.15, 0.2) is 5.76 Å². The van der Waals surface area contributed by atoms with Gasteiger partial charge in [-0.2, -0.15) is 0 Å². The number of hydrogen-bond acceptors (Lipinski definition) is 6. The molecule has 2 aromatic rings. The number of esters is 1. The summed E-state index contributed by atoms with van der Waals surface area (Å²) in [7, 11) is 1.33. The van der Waals surface area contributed by atoms with Crippen molar-refractivity contribution in [3.05, 3.63) is 82.9 Å². The van der Waals surface area contributed by atoms with Gasteiger partial charge in [-0.1, -0.05) is 24.3 Å². The highest BCUT2D eigenvalue weighted by atomic mass is 19.1. The lowest BCUT2D eigenvalue weighted by atomic mass is 9.80. The number of ether oxygens (including phenoxy) is 3. The topological polar surface area (TPSA) is 94.1 Å². The van der Waals surface area contributed by atoms with Crippen molar-refractivity contribution >= 4 is 11.9 Å². The van der Waals surface area contributed by atoms with Gasteiger partial charge >= 0.3 is 5.97 Å². The maximum Gasteiger partial charge on any atom is 0.337 e. The quantitative estimate of drug-likeness (QED) is 0.514. The monoisotopic (exact) mass is 471 g/mol. The smallest absolute Gasteiger partial charge is 0.337 e. The van der Waals surface area contributed by atoms with Crippen molar-refractivity contribution in [1.82, 2.24) is 5.32 Å². The van der Waals surface area contributed by atoms with Crippen LogP contribution < -0.4 is 5.32 Å². The van der Waals surface area contributed by atoms with Crippen LogP contribution in [-0.2, 0) is 25.5 Å². The molecule has 0 aliphatic carbocycles. The first-order chi connectivity index (χ1) is 16.5. The van der Waals surface area contributed by atoms with Crippen molar-refractivity contribution in [1.29, 1.82) is 0 Å². The van der Waals surface area contributed by atoms with Crippen LogP contribution in [0.25, 0.3) is 0 Å². The zero-order chi connectivity index (χ0) is 24.5. The molecule has 2 N–H and O–H groups in total. The van der Waals surface area contributed by atoms with Gasteiger partial charge in [0.05, 0.1) is 12.7 Å². The normalized spacial score (nSPS) is 19.6. The third kappa shape index (κ3) is 6.42. The molecular weight excluding hydrogens is 441 g/mol. The van der Waals surface area contributed by atoms with Gasteiger partial charge in [0.1, 0.15) is 5.82 Å². The van der Waals surface area contributed by atoms with Gasteiger partial charge in [0.25, 0.3) is 5.91 Å². The van der Waals surface area contributed by atoms with Crippen LogP contribution in [0.3, 0.4) is 0 Å². The molecule has 1 amide bonds. The van der Waals surface area contributed by atoms with Crippen LogP contribution in [0.15, 0.2) is 60.4 Å². The molecule has 1 aliphatic rings. The highest BCUT2D eigenvalue weighted by molar-refractivity contribution is 5.92. The van der Waals surface area contributed by atoms with E-state index in [0.29, 0.717) is 25.0 Å². The minimum atomic E-state index is -0.682. The van der Waals surface area contributed by atoms with E-state index in [-0.39, 0.29) is 36.6 Å². The summed E-state index contributed by atoms with van der Waals surface area (Å²) < 4.78 is 29.7. The Kier molecular flexibility index (Phi) is 9.18. The van der Waals surface area contributed by atoms with Gasteiger partial charge in [0.2, 0.25) is 6.29 Å². The van der Waals surface area contributed by atoms with Gasteiger partial charge in [-0.05, 0) is 61.2 Å². The SMILES string of the molecule is CCO[C@@H]1OC(C(=O)NCc2ccc(F)cc2)=C[C@H](c2ccc(C(=O)OC)cc2)[C@@H]1CCCO. The largest absolute Gasteiger partial charge is 0.465 e. The molecule has 0 fully saturated rings. The minimum Gasteiger partial charge on any atom is -0.465 e. The maximum absolute atomic E-state index is 13.1. The number of benzene rings is 2. The van der Waals surface area contributed by atoms with Crippen molar-refractivity contribution in [2.24, 2.45) is 5.92 Å². The lowest BCUT2D eigenvalue weighted by molar-refractivity contribution is -0.166. The molecule has 0 radical (unpaired) electrons. The second kappa shape index (κ2) is 12.3. The Hall–Kier alpha value is -3.23. The standard InChI is InChI=1S/C26H30FNO6/c1-3-33-26-21(5-4-14-29)22(18-8-10-19(11-9-18)25(31)32-2)15-23(34-26)24(30)28-16-17-6-12-20(27)13-7-17/h6-13,15,21-22,26,29H,3-5,14,16H2,1-2H3,(H,28,30)/t21-,22+,26+/m0/s1. The molecule has 0 saturated heterocycles. The Balaban J connectivity index is 1.87. The Morgan fingerprint density at radius 3 is 2.44 bits per heavy atom. The highest BCUT2D eigenvalue weighted by Crippen LogP contribution is 2.39. The lowest BCUT2D eigenvalue weighted by Crippen LogP contribution is -2.39. The number of halogens is 1. The maximum atomic E-state index is 13.1. The molecule has 3 atom stereocenters. The molecule has 1 heterocycles. The van der Waals surface area contributed by atoms with Crippen LogP contribution >= 0.6 is 0 Å². The fraction of sp³-hybridized carbons (Fsp3) is 0.385. The summed E-state index contributed by atoms with van der Waals surface area (Å²) in [4.78, 5) is 24.7. The van der Waals surface area contributed by atoms with E-state index in [1.54, 1.807) is 30.3 Å². The number of rotatable bonds is 10. The van der Waals surface area contributed by atoms with Crippen molar-refractivity contribution in [2.75, 3.05) is 20.3 Å². The van der Waals surface area contributed by atoms with Gasteiger partial charge in [-0.25, -0.2) is 9.18 Å². The fourth-order valence-electron chi connectivity index (χ4n) is 3.98. The first kappa shape index (κ1) is 25.4. The van der Waals surface area contributed by atoms with E-state index < -0.39 is 18.2 Å². The average Bonchev–Trinajstić information content (AvgIpc) is 2.86. The summed E-state index contributed by atoms with van der Waals surface area (Å²) in [6, 6.07) is 12.9. The van der Waals surface area contributed by atoms with E-state index in [4.69, 9.17) is 14.2 Å². The number of hydrogen-bond donors (Lipinski definition) is 2. The van der Waals surface area contributed by atoms with Gasteiger partial charge in [-0.3, -0.25) is 4.79 Å². The van der Waals surface area contributed by atoms with E-state index in [2.05, 4.69) is 5.32 Å². The highest BCUT2D eigenvalue weighted by Gasteiger charge is 2.37. The van der Waals surface area contributed by atoms with E-state index in [1.807, 2.05) is 19.1 Å². The number of allylic oxidation sites excluding steroid dienone is 1. The van der Waals surface area contributed by atoms with Gasteiger partial charge < -0.3 is 24.6 Å². The molecule has 0 aromatic heterocycles. The minimum absolute atomic E-state index is 0.0259. The van der Waals surface area contributed by atoms with Crippen molar-refractivity contribution in [2.45, 2.75) is 38.5 Å². The van der Waals surface area contributed by atoms with Crippen LogP contribution in [0.5, 0.6) is 0 Å². The summed E-state index contributed by atoms with van der Waals surface area (Å²) in [5.74, 6) is -1.45. The molecular formula is C26H30FNO6. The fourth-order valence-corrected chi connectivity index (χ4v) is 3.98. The molecule has 0 spiro atoms.